The molecule has 0 atom stereocenters. The molecule has 0 aliphatic rings. The first kappa shape index (κ1) is 24.2. The number of nitrogens with two attached hydrogens (primary N) is 2. The van der Waals surface area contributed by atoms with Gasteiger partial charge >= 0.3 is 5.69 Å². The summed E-state index contributed by atoms with van der Waals surface area (Å²) < 4.78 is 24.6. The highest BCUT2D eigenvalue weighted by atomic mass is 32.2. The summed E-state index contributed by atoms with van der Waals surface area (Å²) in [4.78, 5) is 40.4. The number of anilines is 3. The zero-order valence-corrected chi connectivity index (χ0v) is 18.8. The molecule has 0 bridgehead atoms. The topological polar surface area (TPSA) is 173 Å². The van der Waals surface area contributed by atoms with Crippen molar-refractivity contribution < 1.29 is 13.2 Å². The molecule has 1 aromatic heterocycles. The molecular weight excluding hydrogens is 424 g/mol. The Bertz CT molecular complexity index is 1220. The highest BCUT2D eigenvalue weighted by molar-refractivity contribution is 7.89. The van der Waals surface area contributed by atoms with E-state index in [1.54, 1.807) is 13.8 Å². The van der Waals surface area contributed by atoms with Crippen LogP contribution in [0.4, 0.5) is 17.2 Å². The van der Waals surface area contributed by atoms with Crippen LogP contribution in [0.2, 0.25) is 0 Å². The van der Waals surface area contributed by atoms with E-state index in [2.05, 4.69) is 10.3 Å². The van der Waals surface area contributed by atoms with Gasteiger partial charge in [0.25, 0.3) is 5.56 Å². The van der Waals surface area contributed by atoms with Crippen molar-refractivity contribution in [1.29, 1.82) is 0 Å². The molecule has 0 aliphatic carbocycles. The Morgan fingerprint density at radius 3 is 2.48 bits per heavy atom. The fraction of sp³-hybridized carbons (Fsp3) is 0.421. The summed E-state index contributed by atoms with van der Waals surface area (Å²) in [5.74, 6) is -0.539. The molecule has 0 fully saturated rings. The fourth-order valence-electron chi connectivity index (χ4n) is 3.09. The number of unbranched alkanes of at least 4 members (excludes halogenated alkanes) is 1. The third kappa shape index (κ3) is 5.52. The van der Waals surface area contributed by atoms with Gasteiger partial charge in [0.2, 0.25) is 15.9 Å². The van der Waals surface area contributed by atoms with Gasteiger partial charge in [-0.2, -0.15) is 0 Å². The second-order valence-electron chi connectivity index (χ2n) is 7.36. The molecule has 6 N–H and O–H groups in total. The van der Waals surface area contributed by atoms with Gasteiger partial charge in [0.05, 0.1) is 11.4 Å². The van der Waals surface area contributed by atoms with E-state index >= 15 is 0 Å². The standard InChI is InChI=1S/C19H28N6O5S/c1-5-6-7-25-17(20)16(18(27)23-19(25)28)24(4)10-15(26)22-14-9-13(31(21,29)30)8-11(2)12(14)3/h8-9H,5-7,10,20H2,1-4H3,(H,22,26)(H2,21,29,30)(H,23,27,28). The number of carbonyl (C=O) groups is 1. The quantitative estimate of drug-likeness (QED) is 0.444. The SMILES string of the molecule is CCCCn1c(N)c(N(C)CC(=O)Nc2cc(S(N)(=O)=O)cc(C)c2C)c(=O)[nH]c1=O. The van der Waals surface area contributed by atoms with E-state index in [9.17, 15) is 22.8 Å². The largest absolute Gasteiger partial charge is 0.383 e. The van der Waals surface area contributed by atoms with E-state index in [-0.39, 0.29) is 28.6 Å². The number of amides is 1. The molecule has 31 heavy (non-hydrogen) atoms. The fourth-order valence-corrected chi connectivity index (χ4v) is 3.71. The minimum absolute atomic E-state index is 0.00274. The summed E-state index contributed by atoms with van der Waals surface area (Å²) in [5, 5.41) is 7.84. The van der Waals surface area contributed by atoms with Gasteiger partial charge in [-0.3, -0.25) is 19.1 Å². The lowest BCUT2D eigenvalue weighted by Gasteiger charge is -2.22. The minimum Gasteiger partial charge on any atom is -0.383 e. The van der Waals surface area contributed by atoms with Gasteiger partial charge < -0.3 is 16.0 Å². The minimum atomic E-state index is -3.95. The lowest BCUT2D eigenvalue weighted by molar-refractivity contribution is -0.114. The Hall–Kier alpha value is -3.12. The average molecular weight is 453 g/mol. The number of nitrogens with one attached hydrogen (secondary N) is 2. The van der Waals surface area contributed by atoms with E-state index in [4.69, 9.17) is 10.9 Å². The van der Waals surface area contributed by atoms with Crippen LogP contribution in [-0.2, 0) is 21.4 Å². The van der Waals surface area contributed by atoms with E-state index in [1.807, 2.05) is 6.92 Å². The molecule has 2 rings (SSSR count). The van der Waals surface area contributed by atoms with Crippen LogP contribution >= 0.6 is 0 Å². The Balaban J connectivity index is 2.31. The van der Waals surface area contributed by atoms with Gasteiger partial charge in [-0.15, -0.1) is 0 Å². The predicted octanol–water partition coefficient (Wildman–Crippen LogP) is 0.258. The highest BCUT2D eigenvalue weighted by Crippen LogP contribution is 2.24. The van der Waals surface area contributed by atoms with Gasteiger partial charge in [-0.05, 0) is 43.5 Å². The molecule has 0 aliphatic heterocycles. The van der Waals surface area contributed by atoms with Crippen LogP contribution < -0.4 is 32.3 Å². The molecule has 0 saturated carbocycles. The Labute approximate surface area is 180 Å². The zero-order chi connectivity index (χ0) is 23.5. The molecule has 170 valence electrons. The number of likely N-dealkylation sites (N-methyl/N-ethyl adjacent to an activating group) is 1. The molecular formula is C19H28N6O5S. The molecule has 2 aromatic rings. The summed E-state index contributed by atoms with van der Waals surface area (Å²) in [6, 6.07) is 2.70. The average Bonchev–Trinajstić information content (AvgIpc) is 2.63. The molecule has 0 saturated heterocycles. The van der Waals surface area contributed by atoms with E-state index in [0.29, 0.717) is 24.1 Å². The third-order valence-electron chi connectivity index (χ3n) is 4.96. The zero-order valence-electron chi connectivity index (χ0n) is 18.0. The van der Waals surface area contributed by atoms with Crippen molar-refractivity contribution in [2.24, 2.45) is 5.14 Å². The van der Waals surface area contributed by atoms with Gasteiger partial charge in [0, 0.05) is 19.3 Å². The molecule has 12 heteroatoms. The van der Waals surface area contributed by atoms with Crippen molar-refractivity contribution in [2.45, 2.75) is 45.1 Å². The molecule has 0 spiro atoms. The summed E-state index contributed by atoms with van der Waals surface area (Å²) in [6.45, 7) is 5.46. The maximum absolute atomic E-state index is 12.6. The number of aromatic amines is 1. The molecule has 1 heterocycles. The number of carbonyl (C=O) groups excluding carboxylic acids is 1. The number of nitrogens with zero attached hydrogens (tertiary/aromatic N) is 2. The summed E-state index contributed by atoms with van der Waals surface area (Å²) in [6.07, 6.45) is 1.52. The summed E-state index contributed by atoms with van der Waals surface area (Å²) >= 11 is 0. The Kier molecular flexibility index (Phi) is 7.28. The molecule has 1 aromatic carbocycles. The summed E-state index contributed by atoms with van der Waals surface area (Å²) in [5.41, 5.74) is 6.35. The van der Waals surface area contributed by atoms with E-state index in [1.165, 1.54) is 28.6 Å². The maximum Gasteiger partial charge on any atom is 0.330 e. The van der Waals surface area contributed by atoms with Gasteiger partial charge in [0.15, 0.2) is 0 Å². The number of nitrogen functional groups attached to an aromatic ring is 1. The van der Waals surface area contributed by atoms with Crippen LogP contribution in [0.5, 0.6) is 0 Å². The van der Waals surface area contributed by atoms with Crippen molar-refractivity contribution in [3.05, 3.63) is 44.1 Å². The van der Waals surface area contributed by atoms with Crippen LogP contribution in [-0.4, -0.2) is 37.5 Å². The smallest absolute Gasteiger partial charge is 0.330 e. The number of benzene rings is 1. The van der Waals surface area contributed by atoms with Gasteiger partial charge in [0.1, 0.15) is 11.5 Å². The first-order valence-corrected chi connectivity index (χ1v) is 11.2. The van der Waals surface area contributed by atoms with Crippen LogP contribution in [0.25, 0.3) is 0 Å². The van der Waals surface area contributed by atoms with Crippen molar-refractivity contribution in [1.82, 2.24) is 9.55 Å². The van der Waals surface area contributed by atoms with Crippen LogP contribution in [0, 0.1) is 13.8 Å². The first-order valence-electron chi connectivity index (χ1n) is 9.64. The number of hydrogen-bond donors (Lipinski definition) is 4. The van der Waals surface area contributed by atoms with E-state index < -0.39 is 27.2 Å². The normalized spacial score (nSPS) is 11.4. The van der Waals surface area contributed by atoms with Crippen molar-refractivity contribution in [3.63, 3.8) is 0 Å². The summed E-state index contributed by atoms with van der Waals surface area (Å²) in [7, 11) is -2.46. The maximum atomic E-state index is 12.6. The number of rotatable bonds is 8. The Morgan fingerprint density at radius 2 is 1.90 bits per heavy atom. The molecule has 11 nitrogen and oxygen atoms in total. The lowest BCUT2D eigenvalue weighted by atomic mass is 10.1. The second-order valence-corrected chi connectivity index (χ2v) is 8.92. The van der Waals surface area contributed by atoms with Gasteiger partial charge in [-0.25, -0.2) is 18.4 Å². The monoisotopic (exact) mass is 452 g/mol. The number of sulfonamides is 1. The van der Waals surface area contributed by atoms with Crippen molar-refractivity contribution in [2.75, 3.05) is 29.5 Å². The highest BCUT2D eigenvalue weighted by Gasteiger charge is 2.19. The molecule has 0 unspecified atom stereocenters. The number of hydrogen-bond acceptors (Lipinski definition) is 7. The number of aryl methyl sites for hydroxylation is 1. The Morgan fingerprint density at radius 1 is 1.26 bits per heavy atom. The number of H-pyrrole nitrogens is 1. The third-order valence-corrected chi connectivity index (χ3v) is 5.85. The molecule has 0 radical (unpaired) electrons. The number of primary sulfonamides is 1. The van der Waals surface area contributed by atoms with Crippen molar-refractivity contribution >= 4 is 33.1 Å². The second kappa shape index (κ2) is 9.35. The lowest BCUT2D eigenvalue weighted by Crippen LogP contribution is -2.39. The molecule has 1 amide bonds. The van der Waals surface area contributed by atoms with Crippen molar-refractivity contribution in [3.8, 4) is 0 Å². The van der Waals surface area contributed by atoms with Crippen LogP contribution in [0.15, 0.2) is 26.6 Å². The first-order chi connectivity index (χ1) is 14.4. The van der Waals surface area contributed by atoms with Crippen LogP contribution in [0.3, 0.4) is 0 Å². The number of aromatic nitrogens is 2. The van der Waals surface area contributed by atoms with Crippen LogP contribution in [0.1, 0.15) is 30.9 Å². The van der Waals surface area contributed by atoms with E-state index in [0.717, 1.165) is 6.42 Å². The van der Waals surface area contributed by atoms with Gasteiger partial charge in [-0.1, -0.05) is 13.3 Å². The predicted molar refractivity (Wildman–Crippen MR) is 120 cm³/mol.